The van der Waals surface area contributed by atoms with Gasteiger partial charge in [0.2, 0.25) is 5.91 Å². The van der Waals surface area contributed by atoms with Crippen molar-refractivity contribution in [2.45, 2.75) is 37.1 Å². The fourth-order valence-corrected chi connectivity index (χ4v) is 4.81. The number of nitrogens with zero attached hydrogens (tertiary/aromatic N) is 3. The lowest BCUT2D eigenvalue weighted by atomic mass is 10.1. The number of piperazine rings is 1. The van der Waals surface area contributed by atoms with E-state index >= 15 is 0 Å². The molecule has 3 rings (SSSR count). The lowest BCUT2D eigenvalue weighted by molar-refractivity contribution is -0.133. The maximum Gasteiger partial charge on any atom is 0.225 e. The molecule has 1 atom stereocenters. The van der Waals surface area contributed by atoms with Crippen LogP contribution >= 0.6 is 27.7 Å². The van der Waals surface area contributed by atoms with Gasteiger partial charge in [-0.25, -0.2) is 4.98 Å². The van der Waals surface area contributed by atoms with Gasteiger partial charge in [-0.15, -0.1) is 11.8 Å². The van der Waals surface area contributed by atoms with Crippen LogP contribution in [0.3, 0.4) is 0 Å². The SMILES string of the molecule is CCCOCCC(=O)N1CCN2c3ncc(Br)cc3SCCC2C1. The molecule has 5 nitrogen and oxygen atoms in total. The number of amides is 1. The normalized spacial score (nSPS) is 20.3. The molecule has 132 valence electrons. The van der Waals surface area contributed by atoms with E-state index in [1.54, 1.807) is 0 Å². The average molecular weight is 414 g/mol. The third-order valence-corrected chi connectivity index (χ3v) is 5.91. The van der Waals surface area contributed by atoms with Crippen LogP contribution in [0.4, 0.5) is 5.82 Å². The Morgan fingerprint density at radius 3 is 3.17 bits per heavy atom. The van der Waals surface area contributed by atoms with E-state index in [1.807, 2.05) is 22.9 Å². The Labute approximate surface area is 156 Å². The van der Waals surface area contributed by atoms with Crippen molar-refractivity contribution >= 4 is 39.4 Å². The first-order valence-corrected chi connectivity index (χ1v) is 10.4. The highest BCUT2D eigenvalue weighted by Gasteiger charge is 2.33. The molecule has 0 N–H and O–H groups in total. The predicted octanol–water partition coefficient (Wildman–Crippen LogP) is 3.17. The highest BCUT2D eigenvalue weighted by molar-refractivity contribution is 9.10. The Morgan fingerprint density at radius 1 is 1.46 bits per heavy atom. The number of carbonyl (C=O) groups excluding carboxylic acids is 1. The van der Waals surface area contributed by atoms with Crippen LogP contribution in [0.1, 0.15) is 26.2 Å². The van der Waals surface area contributed by atoms with Crippen LogP contribution in [0.25, 0.3) is 0 Å². The summed E-state index contributed by atoms with van der Waals surface area (Å²) in [6, 6.07) is 2.51. The number of hydrogen-bond acceptors (Lipinski definition) is 5. The van der Waals surface area contributed by atoms with Gasteiger partial charge in [0.1, 0.15) is 5.82 Å². The summed E-state index contributed by atoms with van der Waals surface area (Å²) in [4.78, 5) is 22.7. The van der Waals surface area contributed by atoms with E-state index in [-0.39, 0.29) is 5.91 Å². The third-order valence-electron chi connectivity index (χ3n) is 4.42. The van der Waals surface area contributed by atoms with Crippen molar-refractivity contribution in [3.05, 3.63) is 16.7 Å². The van der Waals surface area contributed by atoms with E-state index in [2.05, 4.69) is 38.8 Å². The molecule has 0 aromatic carbocycles. The monoisotopic (exact) mass is 413 g/mol. The molecule has 0 bridgehead atoms. The first-order chi connectivity index (χ1) is 11.7. The van der Waals surface area contributed by atoms with Gasteiger partial charge in [0, 0.05) is 48.7 Å². The lowest BCUT2D eigenvalue weighted by Crippen LogP contribution is -2.55. The van der Waals surface area contributed by atoms with Crippen LogP contribution in [-0.2, 0) is 9.53 Å². The maximum absolute atomic E-state index is 12.4. The van der Waals surface area contributed by atoms with Crippen molar-refractivity contribution in [3.8, 4) is 0 Å². The number of aromatic nitrogens is 1. The maximum atomic E-state index is 12.4. The van der Waals surface area contributed by atoms with Crippen molar-refractivity contribution in [2.75, 3.05) is 43.5 Å². The summed E-state index contributed by atoms with van der Waals surface area (Å²) in [6.07, 6.45) is 4.43. The Balaban J connectivity index is 1.62. The van der Waals surface area contributed by atoms with Crippen molar-refractivity contribution in [1.29, 1.82) is 0 Å². The summed E-state index contributed by atoms with van der Waals surface area (Å²) in [5, 5.41) is 0. The molecule has 0 radical (unpaired) electrons. The number of rotatable bonds is 5. The molecule has 0 spiro atoms. The van der Waals surface area contributed by atoms with Gasteiger partial charge in [0.15, 0.2) is 0 Å². The van der Waals surface area contributed by atoms with E-state index < -0.39 is 0 Å². The molecule has 1 fully saturated rings. The summed E-state index contributed by atoms with van der Waals surface area (Å²) in [6.45, 7) is 5.77. The zero-order valence-corrected chi connectivity index (χ0v) is 16.4. The topological polar surface area (TPSA) is 45.7 Å². The van der Waals surface area contributed by atoms with Crippen molar-refractivity contribution in [3.63, 3.8) is 0 Å². The highest BCUT2D eigenvalue weighted by atomic mass is 79.9. The second kappa shape index (κ2) is 8.54. The van der Waals surface area contributed by atoms with Crippen LogP contribution in [0.15, 0.2) is 21.6 Å². The molecule has 2 aliphatic heterocycles. The van der Waals surface area contributed by atoms with Crippen LogP contribution in [0.5, 0.6) is 0 Å². The summed E-state index contributed by atoms with van der Waals surface area (Å²) < 4.78 is 6.47. The van der Waals surface area contributed by atoms with Crippen molar-refractivity contribution in [1.82, 2.24) is 9.88 Å². The molecule has 2 aliphatic rings. The van der Waals surface area contributed by atoms with Gasteiger partial charge in [-0.1, -0.05) is 6.92 Å². The molecule has 1 saturated heterocycles. The van der Waals surface area contributed by atoms with Crippen molar-refractivity contribution < 1.29 is 9.53 Å². The summed E-state index contributed by atoms with van der Waals surface area (Å²) in [5.41, 5.74) is 0. The zero-order chi connectivity index (χ0) is 16.9. The molecular formula is C17H24BrN3O2S. The average Bonchev–Trinajstić information content (AvgIpc) is 2.76. The highest BCUT2D eigenvalue weighted by Crippen LogP contribution is 2.37. The number of carbonyl (C=O) groups is 1. The van der Waals surface area contributed by atoms with Gasteiger partial charge in [0.05, 0.1) is 17.9 Å². The Bertz CT molecular complexity index is 587. The van der Waals surface area contributed by atoms with Gasteiger partial charge < -0.3 is 14.5 Å². The van der Waals surface area contributed by atoms with Crippen LogP contribution in [-0.4, -0.2) is 60.4 Å². The fraction of sp³-hybridized carbons (Fsp3) is 0.647. The van der Waals surface area contributed by atoms with E-state index in [4.69, 9.17) is 4.74 Å². The standard InChI is InChI=1S/C17H24BrN3O2S/c1-2-7-23-8-3-16(22)20-5-6-21-14(12-20)4-9-24-15-10-13(18)11-19-17(15)21/h10-11,14H,2-9,12H2,1H3. The minimum Gasteiger partial charge on any atom is -0.381 e. The Hall–Kier alpha value is -0.790. The summed E-state index contributed by atoms with van der Waals surface area (Å²) >= 11 is 5.37. The Kier molecular flexibility index (Phi) is 6.41. The van der Waals surface area contributed by atoms with E-state index in [0.29, 0.717) is 19.1 Å². The molecular weight excluding hydrogens is 390 g/mol. The molecule has 1 unspecified atom stereocenters. The molecule has 24 heavy (non-hydrogen) atoms. The molecule has 7 heteroatoms. The first-order valence-electron chi connectivity index (χ1n) is 8.59. The van der Waals surface area contributed by atoms with Crippen LogP contribution in [0.2, 0.25) is 0 Å². The predicted molar refractivity (Wildman–Crippen MR) is 101 cm³/mol. The number of ether oxygens (including phenoxy) is 1. The first kappa shape index (κ1) is 18.0. The minimum atomic E-state index is 0.214. The number of pyridine rings is 1. The van der Waals surface area contributed by atoms with E-state index in [9.17, 15) is 4.79 Å². The molecule has 0 saturated carbocycles. The van der Waals surface area contributed by atoms with E-state index in [0.717, 1.165) is 55.1 Å². The third kappa shape index (κ3) is 4.24. The number of fused-ring (bicyclic) bond motifs is 3. The fourth-order valence-electron chi connectivity index (χ4n) is 3.21. The van der Waals surface area contributed by atoms with Crippen LogP contribution < -0.4 is 4.90 Å². The second-order valence-electron chi connectivity index (χ2n) is 6.16. The number of thioether (sulfide) groups is 1. The number of hydrogen-bond donors (Lipinski definition) is 0. The number of halogens is 1. The van der Waals surface area contributed by atoms with Gasteiger partial charge in [-0.05, 0) is 34.8 Å². The summed E-state index contributed by atoms with van der Waals surface area (Å²) in [5.74, 6) is 2.35. The van der Waals surface area contributed by atoms with Crippen LogP contribution in [0, 0.1) is 0 Å². The largest absolute Gasteiger partial charge is 0.381 e. The van der Waals surface area contributed by atoms with Gasteiger partial charge in [-0.2, -0.15) is 0 Å². The molecule has 0 aliphatic carbocycles. The molecule has 3 heterocycles. The lowest BCUT2D eigenvalue weighted by Gasteiger charge is -2.41. The van der Waals surface area contributed by atoms with Crippen molar-refractivity contribution in [2.24, 2.45) is 0 Å². The van der Waals surface area contributed by atoms with Gasteiger partial charge >= 0.3 is 0 Å². The molecule has 1 aromatic heterocycles. The second-order valence-corrected chi connectivity index (χ2v) is 8.21. The summed E-state index contributed by atoms with van der Waals surface area (Å²) in [7, 11) is 0. The zero-order valence-electron chi connectivity index (χ0n) is 14.0. The molecule has 1 amide bonds. The molecule has 1 aromatic rings. The van der Waals surface area contributed by atoms with Gasteiger partial charge in [-0.3, -0.25) is 4.79 Å². The van der Waals surface area contributed by atoms with E-state index in [1.165, 1.54) is 4.90 Å². The minimum absolute atomic E-state index is 0.214. The quantitative estimate of drug-likeness (QED) is 0.693. The van der Waals surface area contributed by atoms with Gasteiger partial charge in [0.25, 0.3) is 0 Å². The smallest absolute Gasteiger partial charge is 0.225 e. The Morgan fingerprint density at radius 2 is 2.33 bits per heavy atom. The number of anilines is 1.